The highest BCUT2D eigenvalue weighted by molar-refractivity contribution is 5.03. The van der Waals surface area contributed by atoms with Crippen molar-refractivity contribution < 1.29 is 0 Å². The monoisotopic (exact) mass is 262 g/mol. The molecule has 0 aromatic carbocycles. The smallest absolute Gasteiger partial charge is 0.0416 e. The van der Waals surface area contributed by atoms with Gasteiger partial charge in [-0.3, -0.25) is 4.98 Å². The summed E-state index contributed by atoms with van der Waals surface area (Å²) in [5.41, 5.74) is 6.78. The lowest BCUT2D eigenvalue weighted by atomic mass is 10.2. The zero-order chi connectivity index (χ0) is 13.3. The Morgan fingerprint density at radius 1 is 1.05 bits per heavy atom. The first-order valence-electron chi connectivity index (χ1n) is 7.43. The molecule has 1 aliphatic rings. The minimum Gasteiger partial charge on any atom is -0.330 e. The van der Waals surface area contributed by atoms with Gasteiger partial charge in [0.1, 0.15) is 0 Å². The number of hydrogen-bond acceptors (Lipinski definition) is 4. The zero-order valence-electron chi connectivity index (χ0n) is 11.8. The van der Waals surface area contributed by atoms with Crippen molar-refractivity contribution in [3.8, 4) is 0 Å². The first-order valence-corrected chi connectivity index (χ1v) is 7.43. The molecule has 1 aromatic heterocycles. The van der Waals surface area contributed by atoms with Crippen molar-refractivity contribution in [2.45, 2.75) is 19.3 Å². The van der Waals surface area contributed by atoms with Crippen LogP contribution in [0.1, 0.15) is 18.5 Å². The number of nitrogens with zero attached hydrogens (tertiary/aromatic N) is 3. The molecule has 4 nitrogen and oxygen atoms in total. The lowest BCUT2D eigenvalue weighted by molar-refractivity contribution is 0.257. The van der Waals surface area contributed by atoms with Crippen LogP contribution in [0.25, 0.3) is 0 Å². The molecule has 0 saturated carbocycles. The van der Waals surface area contributed by atoms with E-state index in [1.165, 1.54) is 38.3 Å². The Kier molecular flexibility index (Phi) is 6.27. The van der Waals surface area contributed by atoms with E-state index >= 15 is 0 Å². The standard InChI is InChI=1S/C15H26N4/c16-7-3-9-18-10-4-11-19(14-13-18)12-6-15-5-1-2-8-17-15/h1-2,5,8H,3-4,6-7,9-14,16H2. The first kappa shape index (κ1) is 14.4. The largest absolute Gasteiger partial charge is 0.330 e. The van der Waals surface area contributed by atoms with Crippen molar-refractivity contribution in [2.75, 3.05) is 45.8 Å². The molecule has 1 aromatic rings. The molecule has 1 aliphatic heterocycles. The third kappa shape index (κ3) is 5.27. The maximum absolute atomic E-state index is 5.58. The van der Waals surface area contributed by atoms with Crippen LogP contribution in [-0.4, -0.2) is 60.6 Å². The van der Waals surface area contributed by atoms with E-state index in [0.29, 0.717) is 0 Å². The highest BCUT2D eigenvalue weighted by Gasteiger charge is 2.14. The SMILES string of the molecule is NCCCN1CCCN(CCc2ccccn2)CC1. The van der Waals surface area contributed by atoms with Gasteiger partial charge in [-0.15, -0.1) is 0 Å². The van der Waals surface area contributed by atoms with Gasteiger partial charge in [0.2, 0.25) is 0 Å². The Morgan fingerprint density at radius 3 is 2.53 bits per heavy atom. The van der Waals surface area contributed by atoms with Gasteiger partial charge in [0.05, 0.1) is 0 Å². The summed E-state index contributed by atoms with van der Waals surface area (Å²) in [7, 11) is 0. The Balaban J connectivity index is 1.70. The summed E-state index contributed by atoms with van der Waals surface area (Å²) in [5, 5.41) is 0. The highest BCUT2D eigenvalue weighted by atomic mass is 15.2. The van der Waals surface area contributed by atoms with E-state index in [1.54, 1.807) is 0 Å². The van der Waals surface area contributed by atoms with Gasteiger partial charge in [-0.05, 0) is 51.2 Å². The average Bonchev–Trinajstić information content (AvgIpc) is 2.69. The van der Waals surface area contributed by atoms with Crippen molar-refractivity contribution in [1.82, 2.24) is 14.8 Å². The molecule has 1 saturated heterocycles. The maximum atomic E-state index is 5.58. The van der Waals surface area contributed by atoms with Gasteiger partial charge in [0.15, 0.2) is 0 Å². The van der Waals surface area contributed by atoms with Crippen LogP contribution in [0.15, 0.2) is 24.4 Å². The summed E-state index contributed by atoms with van der Waals surface area (Å²) in [6.45, 7) is 7.89. The van der Waals surface area contributed by atoms with Crippen LogP contribution in [0.4, 0.5) is 0 Å². The molecule has 2 rings (SSSR count). The second-order valence-corrected chi connectivity index (χ2v) is 5.25. The molecular formula is C15H26N4. The topological polar surface area (TPSA) is 45.4 Å². The minimum absolute atomic E-state index is 0.805. The van der Waals surface area contributed by atoms with Gasteiger partial charge < -0.3 is 15.5 Å². The minimum atomic E-state index is 0.805. The van der Waals surface area contributed by atoms with Crippen LogP contribution in [0.5, 0.6) is 0 Å². The molecule has 1 fully saturated rings. The van der Waals surface area contributed by atoms with Crippen molar-refractivity contribution in [1.29, 1.82) is 0 Å². The first-order chi connectivity index (χ1) is 9.38. The Hall–Kier alpha value is -0.970. The van der Waals surface area contributed by atoms with Crippen molar-refractivity contribution in [3.63, 3.8) is 0 Å². The van der Waals surface area contributed by atoms with Gasteiger partial charge in [-0.2, -0.15) is 0 Å². The quantitative estimate of drug-likeness (QED) is 0.830. The van der Waals surface area contributed by atoms with E-state index < -0.39 is 0 Å². The molecule has 0 spiro atoms. The summed E-state index contributed by atoms with van der Waals surface area (Å²) in [5.74, 6) is 0. The maximum Gasteiger partial charge on any atom is 0.0416 e. The van der Waals surface area contributed by atoms with Crippen molar-refractivity contribution >= 4 is 0 Å². The van der Waals surface area contributed by atoms with Crippen LogP contribution in [-0.2, 0) is 6.42 Å². The Labute approximate surface area is 116 Å². The molecule has 2 N–H and O–H groups in total. The summed E-state index contributed by atoms with van der Waals surface area (Å²) in [6.07, 6.45) is 5.33. The molecule has 0 unspecified atom stereocenters. The summed E-state index contributed by atoms with van der Waals surface area (Å²) in [6, 6.07) is 6.16. The molecule has 0 aliphatic carbocycles. The van der Waals surface area contributed by atoms with Gasteiger partial charge in [0, 0.05) is 37.9 Å². The fraction of sp³-hybridized carbons (Fsp3) is 0.667. The number of aromatic nitrogens is 1. The third-order valence-corrected chi connectivity index (χ3v) is 3.77. The molecule has 0 bridgehead atoms. The van der Waals surface area contributed by atoms with Crippen LogP contribution in [0.2, 0.25) is 0 Å². The second kappa shape index (κ2) is 8.25. The highest BCUT2D eigenvalue weighted by Crippen LogP contribution is 2.05. The van der Waals surface area contributed by atoms with Crippen LogP contribution >= 0.6 is 0 Å². The van der Waals surface area contributed by atoms with E-state index in [-0.39, 0.29) is 0 Å². The lowest BCUT2D eigenvalue weighted by Gasteiger charge is -2.21. The van der Waals surface area contributed by atoms with E-state index in [4.69, 9.17) is 5.73 Å². The second-order valence-electron chi connectivity index (χ2n) is 5.25. The summed E-state index contributed by atoms with van der Waals surface area (Å²) in [4.78, 5) is 9.51. The Morgan fingerprint density at radius 2 is 1.84 bits per heavy atom. The molecule has 19 heavy (non-hydrogen) atoms. The normalized spacial score (nSPS) is 18.4. The van der Waals surface area contributed by atoms with E-state index in [9.17, 15) is 0 Å². The zero-order valence-corrected chi connectivity index (χ0v) is 11.8. The molecule has 0 amide bonds. The van der Waals surface area contributed by atoms with E-state index in [2.05, 4.69) is 26.9 Å². The number of rotatable bonds is 6. The Bertz CT molecular complexity index is 341. The van der Waals surface area contributed by atoms with Crippen LogP contribution in [0, 0.1) is 0 Å². The van der Waals surface area contributed by atoms with Gasteiger partial charge in [-0.25, -0.2) is 0 Å². The van der Waals surface area contributed by atoms with E-state index in [0.717, 1.165) is 32.5 Å². The predicted octanol–water partition coefficient (Wildman–Crippen LogP) is 0.981. The van der Waals surface area contributed by atoms with Crippen LogP contribution in [0.3, 0.4) is 0 Å². The number of hydrogen-bond donors (Lipinski definition) is 1. The van der Waals surface area contributed by atoms with Gasteiger partial charge in [-0.1, -0.05) is 6.07 Å². The molecule has 106 valence electrons. The third-order valence-electron chi connectivity index (χ3n) is 3.77. The molecule has 0 radical (unpaired) electrons. The summed E-state index contributed by atoms with van der Waals surface area (Å²) < 4.78 is 0. The van der Waals surface area contributed by atoms with Crippen LogP contribution < -0.4 is 5.73 Å². The average molecular weight is 262 g/mol. The van der Waals surface area contributed by atoms with Crippen molar-refractivity contribution in [3.05, 3.63) is 30.1 Å². The molecule has 0 atom stereocenters. The molecule has 4 heteroatoms. The molecular weight excluding hydrogens is 236 g/mol. The number of nitrogens with two attached hydrogens (primary N) is 1. The number of pyridine rings is 1. The van der Waals surface area contributed by atoms with E-state index in [1.807, 2.05) is 12.3 Å². The van der Waals surface area contributed by atoms with Gasteiger partial charge >= 0.3 is 0 Å². The fourth-order valence-electron chi connectivity index (χ4n) is 2.61. The predicted molar refractivity (Wildman–Crippen MR) is 79.1 cm³/mol. The molecule has 2 heterocycles. The van der Waals surface area contributed by atoms with Crippen molar-refractivity contribution in [2.24, 2.45) is 5.73 Å². The fourth-order valence-corrected chi connectivity index (χ4v) is 2.61. The lowest BCUT2D eigenvalue weighted by Crippen LogP contribution is -2.33. The summed E-state index contributed by atoms with van der Waals surface area (Å²) >= 11 is 0. The van der Waals surface area contributed by atoms with Gasteiger partial charge in [0.25, 0.3) is 0 Å².